The number of hydrogen-bond acceptors (Lipinski definition) is 13. The maximum atomic E-state index is 15.7. The molecule has 2 aliphatic heterocycles. The van der Waals surface area contributed by atoms with Crippen molar-refractivity contribution in [2.24, 2.45) is 0 Å². The lowest BCUT2D eigenvalue weighted by Crippen LogP contribution is -2.33. The SMILES string of the molecule is COc1cc2c(c(F)c1OCCCOc1c(OC)cc3sc(C(=O)CCC(=O)O[C@@H](C)COCCN4C(=O)C=CC4=O)cc3c1F)CN(C(=O)CCC(=O)O)C2. The number of carbonyl (C=O) groups is 6. The van der Waals surface area contributed by atoms with Crippen LogP contribution >= 0.6 is 11.3 Å². The summed E-state index contributed by atoms with van der Waals surface area (Å²) in [6.45, 7) is 1.69. The van der Waals surface area contributed by atoms with Crippen LogP contribution in [0.15, 0.2) is 30.4 Å². The molecular weight excluding hydrogens is 762 g/mol. The van der Waals surface area contributed by atoms with Crippen LogP contribution in [0.25, 0.3) is 10.1 Å². The topological polar surface area (TPSA) is 185 Å². The lowest BCUT2D eigenvalue weighted by molar-refractivity contribution is -0.151. The fraction of sp³-hybridized carbons (Fsp3) is 0.421. The first-order valence-electron chi connectivity index (χ1n) is 17.6. The minimum Gasteiger partial charge on any atom is -0.493 e. The van der Waals surface area contributed by atoms with Gasteiger partial charge < -0.3 is 38.4 Å². The van der Waals surface area contributed by atoms with E-state index < -0.39 is 53.2 Å². The van der Waals surface area contributed by atoms with Gasteiger partial charge in [-0.05, 0) is 24.6 Å². The molecule has 2 aromatic carbocycles. The van der Waals surface area contributed by atoms with Crippen molar-refractivity contribution in [1.29, 1.82) is 0 Å². The molecule has 1 aromatic heterocycles. The van der Waals surface area contributed by atoms with Crippen molar-refractivity contribution in [3.05, 3.63) is 58.0 Å². The largest absolute Gasteiger partial charge is 0.493 e. The summed E-state index contributed by atoms with van der Waals surface area (Å²) in [5.41, 5.74) is 0.766. The van der Waals surface area contributed by atoms with Gasteiger partial charge >= 0.3 is 11.9 Å². The van der Waals surface area contributed by atoms with E-state index in [1.165, 1.54) is 43.4 Å². The van der Waals surface area contributed by atoms with Crippen molar-refractivity contribution in [3.63, 3.8) is 0 Å². The number of rotatable bonds is 21. The number of Topliss-reactive ketones (excluding diaryl/α,β-unsaturated/α-hetero) is 1. The van der Waals surface area contributed by atoms with Gasteiger partial charge in [0.15, 0.2) is 40.4 Å². The van der Waals surface area contributed by atoms with Crippen LogP contribution in [0.1, 0.15) is 59.8 Å². The first-order chi connectivity index (χ1) is 26.8. The highest BCUT2D eigenvalue weighted by atomic mass is 32.1. The van der Waals surface area contributed by atoms with Crippen molar-refractivity contribution >= 4 is 56.9 Å². The zero-order chi connectivity index (χ0) is 40.5. The Kier molecular flexibility index (Phi) is 14.0. The number of benzene rings is 2. The lowest BCUT2D eigenvalue weighted by Gasteiger charge is -2.16. The van der Waals surface area contributed by atoms with E-state index in [-0.39, 0.29) is 117 Å². The third-order valence-electron chi connectivity index (χ3n) is 8.78. The summed E-state index contributed by atoms with van der Waals surface area (Å²) in [5.74, 6) is -5.01. The van der Waals surface area contributed by atoms with Gasteiger partial charge in [-0.1, -0.05) is 0 Å². The van der Waals surface area contributed by atoms with E-state index in [1.807, 2.05) is 0 Å². The molecule has 0 radical (unpaired) electrons. The number of imide groups is 1. The second kappa shape index (κ2) is 18.8. The number of carboxylic acid groups (broad SMARTS) is 1. The average Bonchev–Trinajstić information content (AvgIpc) is 3.89. The molecule has 56 heavy (non-hydrogen) atoms. The molecule has 0 fully saturated rings. The highest BCUT2D eigenvalue weighted by Crippen LogP contribution is 2.41. The minimum atomic E-state index is -1.10. The Labute approximate surface area is 323 Å². The molecule has 0 spiro atoms. The molecule has 300 valence electrons. The quantitative estimate of drug-likeness (QED) is 0.0684. The Morgan fingerprint density at radius 1 is 0.857 bits per heavy atom. The van der Waals surface area contributed by atoms with Crippen LogP contribution in [0.2, 0.25) is 0 Å². The molecule has 0 bridgehead atoms. The average molecular weight is 803 g/mol. The van der Waals surface area contributed by atoms with Crippen LogP contribution in [0.5, 0.6) is 23.0 Å². The Balaban J connectivity index is 1.10. The Morgan fingerprint density at radius 2 is 1.52 bits per heavy atom. The van der Waals surface area contributed by atoms with Gasteiger partial charge in [-0.25, -0.2) is 8.78 Å². The number of methoxy groups -OCH3 is 2. The summed E-state index contributed by atoms with van der Waals surface area (Å²) >= 11 is 1.03. The van der Waals surface area contributed by atoms with Crippen LogP contribution in [-0.4, -0.2) is 104 Å². The molecule has 3 heterocycles. The number of fused-ring (bicyclic) bond motifs is 2. The van der Waals surface area contributed by atoms with E-state index in [1.54, 1.807) is 13.0 Å². The maximum absolute atomic E-state index is 15.7. The zero-order valence-corrected chi connectivity index (χ0v) is 31.7. The summed E-state index contributed by atoms with van der Waals surface area (Å²) in [5, 5.41) is 8.99. The van der Waals surface area contributed by atoms with Crippen molar-refractivity contribution in [2.75, 3.05) is 47.2 Å². The molecule has 18 heteroatoms. The fourth-order valence-electron chi connectivity index (χ4n) is 5.94. The third-order valence-corrected chi connectivity index (χ3v) is 9.90. The number of esters is 1. The fourth-order valence-corrected chi connectivity index (χ4v) is 6.99. The van der Waals surface area contributed by atoms with Crippen LogP contribution < -0.4 is 18.9 Å². The summed E-state index contributed by atoms with van der Waals surface area (Å²) in [6.07, 6.45) is 0.932. The number of thiophene rings is 1. The summed E-state index contributed by atoms with van der Waals surface area (Å²) in [6, 6.07) is 4.49. The molecule has 2 aliphatic rings. The number of carboxylic acids is 1. The van der Waals surface area contributed by atoms with Gasteiger partial charge in [0.05, 0.1) is 64.9 Å². The predicted molar refractivity (Wildman–Crippen MR) is 194 cm³/mol. The minimum absolute atomic E-state index is 0.0169. The monoisotopic (exact) mass is 802 g/mol. The maximum Gasteiger partial charge on any atom is 0.306 e. The van der Waals surface area contributed by atoms with E-state index in [2.05, 4.69) is 0 Å². The second-order valence-corrected chi connectivity index (χ2v) is 13.8. The van der Waals surface area contributed by atoms with E-state index in [0.717, 1.165) is 16.2 Å². The first kappa shape index (κ1) is 41.5. The zero-order valence-electron chi connectivity index (χ0n) is 30.9. The number of halogens is 2. The Bertz CT molecular complexity index is 2030. The Morgan fingerprint density at radius 3 is 2.18 bits per heavy atom. The molecule has 0 saturated carbocycles. The first-order valence-corrected chi connectivity index (χ1v) is 18.4. The molecule has 1 atom stereocenters. The number of hydrogen-bond donors (Lipinski definition) is 1. The standard InChI is InChI=1S/C38H40F2N2O13S/c1-21(20-52-14-11-42-31(45)6-7-32(42)46)55-34(49)10-5-25(43)29-16-23-28(56-29)17-27(51-3)38(35(23)39)54-13-4-12-53-37-26(50-2)15-22-18-41(19-24(22)36(37)40)30(44)8-9-33(47)48/h6-7,15-17,21H,4-5,8-14,18-20H2,1-3H3,(H,47,48)/t21-/m0/s1. The molecular formula is C38H40F2N2O13S. The Hall–Kier alpha value is -5.62. The van der Waals surface area contributed by atoms with Crippen LogP contribution in [-0.2, 0) is 46.5 Å². The van der Waals surface area contributed by atoms with Gasteiger partial charge in [0, 0.05) is 66.2 Å². The molecule has 3 amide bonds. The van der Waals surface area contributed by atoms with Crippen LogP contribution in [0.4, 0.5) is 8.78 Å². The van der Waals surface area contributed by atoms with E-state index in [0.29, 0.717) is 10.3 Å². The summed E-state index contributed by atoms with van der Waals surface area (Å²) in [7, 11) is 2.68. The molecule has 0 aliphatic carbocycles. The van der Waals surface area contributed by atoms with Gasteiger partial charge in [0.2, 0.25) is 5.91 Å². The normalized spacial score (nSPS) is 13.9. The number of ketones is 1. The van der Waals surface area contributed by atoms with Crippen molar-refractivity contribution in [2.45, 2.75) is 58.2 Å². The smallest absolute Gasteiger partial charge is 0.306 e. The van der Waals surface area contributed by atoms with Crippen molar-refractivity contribution < 1.29 is 71.1 Å². The number of amides is 3. The van der Waals surface area contributed by atoms with E-state index >= 15 is 8.78 Å². The van der Waals surface area contributed by atoms with Gasteiger partial charge in [0.25, 0.3) is 11.8 Å². The molecule has 5 rings (SSSR count). The van der Waals surface area contributed by atoms with Gasteiger partial charge in [0.1, 0.15) is 6.10 Å². The van der Waals surface area contributed by atoms with Gasteiger partial charge in [-0.2, -0.15) is 0 Å². The molecule has 0 saturated heterocycles. The molecule has 1 N–H and O–H groups in total. The van der Waals surface area contributed by atoms with Crippen molar-refractivity contribution in [1.82, 2.24) is 9.80 Å². The molecule has 15 nitrogen and oxygen atoms in total. The second-order valence-electron chi connectivity index (χ2n) is 12.8. The number of ether oxygens (including phenoxy) is 6. The van der Waals surface area contributed by atoms with E-state index in [4.69, 9.17) is 33.5 Å². The molecule has 3 aromatic rings. The highest BCUT2D eigenvalue weighted by Gasteiger charge is 2.30. The van der Waals surface area contributed by atoms with Gasteiger partial charge in [-0.15, -0.1) is 11.3 Å². The summed E-state index contributed by atoms with van der Waals surface area (Å²) < 4.78 is 64.5. The van der Waals surface area contributed by atoms with Crippen LogP contribution in [0.3, 0.4) is 0 Å². The van der Waals surface area contributed by atoms with Gasteiger partial charge in [-0.3, -0.25) is 33.7 Å². The summed E-state index contributed by atoms with van der Waals surface area (Å²) in [4.78, 5) is 74.4. The lowest BCUT2D eigenvalue weighted by atomic mass is 10.1. The number of nitrogens with zero attached hydrogens (tertiary/aromatic N) is 2. The number of carbonyl (C=O) groups excluding carboxylic acids is 5. The number of aliphatic carboxylic acids is 1. The van der Waals surface area contributed by atoms with E-state index in [9.17, 15) is 28.8 Å². The predicted octanol–water partition coefficient (Wildman–Crippen LogP) is 4.59. The van der Waals surface area contributed by atoms with Crippen molar-refractivity contribution in [3.8, 4) is 23.0 Å². The molecule has 0 unspecified atom stereocenters. The highest BCUT2D eigenvalue weighted by molar-refractivity contribution is 7.20. The van der Waals surface area contributed by atoms with Crippen LogP contribution in [0, 0.1) is 11.6 Å². The third kappa shape index (κ3) is 9.97.